The Bertz CT molecular complexity index is 552. The second kappa shape index (κ2) is 18.4. The van der Waals surface area contributed by atoms with E-state index in [4.69, 9.17) is 0 Å². The van der Waals surface area contributed by atoms with E-state index in [1.807, 2.05) is 18.1 Å². The molecular formula is C32H56O2. The lowest BCUT2D eigenvalue weighted by atomic mass is 9.95. The van der Waals surface area contributed by atoms with Crippen molar-refractivity contribution in [1.29, 1.82) is 0 Å². The number of hydrogen-bond acceptors (Lipinski definition) is 2. The van der Waals surface area contributed by atoms with Crippen molar-refractivity contribution in [1.82, 2.24) is 0 Å². The van der Waals surface area contributed by atoms with E-state index in [9.17, 15) is 9.59 Å². The topological polar surface area (TPSA) is 34.1 Å². The maximum Gasteiger partial charge on any atom is 0.133 e. The maximum atomic E-state index is 11.7. The van der Waals surface area contributed by atoms with E-state index >= 15 is 0 Å². The zero-order valence-electron chi connectivity index (χ0n) is 22.9. The van der Waals surface area contributed by atoms with Crippen molar-refractivity contribution in [2.45, 2.75) is 168 Å². The first-order valence-corrected chi connectivity index (χ1v) is 15.3. The van der Waals surface area contributed by atoms with E-state index < -0.39 is 0 Å². The highest BCUT2D eigenvalue weighted by molar-refractivity contribution is 5.81. The van der Waals surface area contributed by atoms with Crippen LogP contribution in [0.4, 0.5) is 0 Å². The van der Waals surface area contributed by atoms with Gasteiger partial charge in [-0.2, -0.15) is 0 Å². The predicted molar refractivity (Wildman–Crippen MR) is 146 cm³/mol. The van der Waals surface area contributed by atoms with Gasteiger partial charge in [0, 0.05) is 25.7 Å². The van der Waals surface area contributed by atoms with Crippen LogP contribution in [0, 0.1) is 11.8 Å². The summed E-state index contributed by atoms with van der Waals surface area (Å²) in [6.07, 6.45) is 29.8. The number of hydrogen-bond donors (Lipinski definition) is 0. The first-order valence-electron chi connectivity index (χ1n) is 15.3. The summed E-state index contributed by atoms with van der Waals surface area (Å²) in [6.45, 7) is 4.47. The van der Waals surface area contributed by atoms with E-state index in [2.05, 4.69) is 6.92 Å². The molecule has 0 aromatic heterocycles. The summed E-state index contributed by atoms with van der Waals surface area (Å²) in [7, 11) is 0. The molecule has 0 spiro atoms. The van der Waals surface area contributed by atoms with Crippen LogP contribution in [0.5, 0.6) is 0 Å². The number of carbonyl (C=O) groups is 2. The van der Waals surface area contributed by atoms with Gasteiger partial charge in [-0.05, 0) is 63.2 Å². The van der Waals surface area contributed by atoms with E-state index in [1.54, 1.807) is 0 Å². The van der Waals surface area contributed by atoms with Crippen molar-refractivity contribution in [2.75, 3.05) is 0 Å². The zero-order chi connectivity index (χ0) is 24.4. The molecule has 1 saturated carbocycles. The van der Waals surface area contributed by atoms with Gasteiger partial charge in [0.05, 0.1) is 0 Å². The van der Waals surface area contributed by atoms with Crippen molar-refractivity contribution >= 4 is 11.6 Å². The van der Waals surface area contributed by atoms with E-state index in [0.717, 1.165) is 31.6 Å². The first-order chi connectivity index (χ1) is 16.5. The van der Waals surface area contributed by atoms with E-state index in [1.165, 1.54) is 116 Å². The average Bonchev–Trinajstić information content (AvgIpc) is 3.13. The second-order valence-electron chi connectivity index (χ2n) is 12.0. The smallest absolute Gasteiger partial charge is 0.133 e. The van der Waals surface area contributed by atoms with Crippen LogP contribution in [-0.2, 0) is 9.59 Å². The highest BCUT2D eigenvalue weighted by Gasteiger charge is 2.20. The fraction of sp³-hybridized carbons (Fsp3) is 0.875. The summed E-state index contributed by atoms with van der Waals surface area (Å²) in [6, 6.07) is 0. The minimum atomic E-state index is 0.245. The molecule has 0 aromatic rings. The van der Waals surface area contributed by atoms with Gasteiger partial charge in [0.15, 0.2) is 0 Å². The lowest BCUT2D eigenvalue weighted by molar-refractivity contribution is -0.121. The molecular weight excluding hydrogens is 416 g/mol. The molecule has 3 aliphatic rings. The minimum absolute atomic E-state index is 0.245. The Morgan fingerprint density at radius 3 is 1.00 bits per heavy atom. The molecule has 1 fully saturated rings. The fourth-order valence-electron chi connectivity index (χ4n) is 6.26. The molecule has 0 aromatic carbocycles. The molecule has 3 aliphatic carbocycles. The van der Waals surface area contributed by atoms with Crippen LogP contribution in [0.2, 0.25) is 0 Å². The first kappa shape index (κ1) is 29.3. The number of rotatable bonds is 0. The quantitative estimate of drug-likeness (QED) is 0.329. The minimum Gasteiger partial charge on any atom is -0.300 e. The second-order valence-corrected chi connectivity index (χ2v) is 12.0. The van der Waals surface area contributed by atoms with Crippen molar-refractivity contribution in [2.24, 2.45) is 11.8 Å². The third kappa shape index (κ3) is 13.8. The van der Waals surface area contributed by atoms with Gasteiger partial charge in [0.25, 0.3) is 0 Å². The molecule has 0 radical (unpaired) electrons. The summed E-state index contributed by atoms with van der Waals surface area (Å²) in [5.74, 6) is 1.90. The van der Waals surface area contributed by atoms with Crippen LogP contribution in [0.1, 0.15) is 168 Å². The van der Waals surface area contributed by atoms with Gasteiger partial charge in [-0.1, -0.05) is 102 Å². The molecule has 0 N–H and O–H groups in total. The molecule has 2 nitrogen and oxygen atoms in total. The number of ketones is 2. The van der Waals surface area contributed by atoms with Crippen LogP contribution in [0.15, 0.2) is 11.1 Å². The molecule has 0 aliphatic heterocycles. The Kier molecular flexibility index (Phi) is 15.8. The van der Waals surface area contributed by atoms with Crippen LogP contribution >= 0.6 is 0 Å². The molecule has 0 bridgehead atoms. The van der Waals surface area contributed by atoms with Gasteiger partial charge < -0.3 is 0 Å². The standard InChI is InChI=1S/C16H28O2.C16H28/c1-14-12-15(17)10-8-6-4-2-3-5-7-9-11-16(18)13-14;1-14-12-15-10-8-6-4-2-3-5-7-9-11-16(15)13-14/h14H,2-13H2,1H3;14H,2-13H2,1H3. The van der Waals surface area contributed by atoms with E-state index in [-0.39, 0.29) is 5.92 Å². The zero-order valence-corrected chi connectivity index (χ0v) is 22.9. The fourth-order valence-corrected chi connectivity index (χ4v) is 6.26. The Hall–Kier alpha value is -0.920. The molecule has 0 heterocycles. The normalized spacial score (nSPS) is 24.6. The molecule has 196 valence electrons. The van der Waals surface area contributed by atoms with Gasteiger partial charge in [-0.25, -0.2) is 0 Å². The van der Waals surface area contributed by atoms with Crippen molar-refractivity contribution < 1.29 is 9.59 Å². The highest BCUT2D eigenvalue weighted by atomic mass is 16.1. The monoisotopic (exact) mass is 472 g/mol. The van der Waals surface area contributed by atoms with Crippen molar-refractivity contribution in [3.63, 3.8) is 0 Å². The third-order valence-electron chi connectivity index (χ3n) is 8.21. The molecule has 0 amide bonds. The Balaban J connectivity index is 0.000000241. The number of Topliss-reactive ketones (excluding diaryl/α,β-unsaturated/α-hetero) is 2. The molecule has 34 heavy (non-hydrogen) atoms. The van der Waals surface area contributed by atoms with Crippen molar-refractivity contribution in [3.8, 4) is 0 Å². The van der Waals surface area contributed by atoms with Gasteiger partial charge in [-0.15, -0.1) is 0 Å². The van der Waals surface area contributed by atoms with Gasteiger partial charge >= 0.3 is 0 Å². The van der Waals surface area contributed by atoms with Crippen LogP contribution in [0.3, 0.4) is 0 Å². The van der Waals surface area contributed by atoms with Crippen LogP contribution in [0.25, 0.3) is 0 Å². The summed E-state index contributed by atoms with van der Waals surface area (Å²) in [5.41, 5.74) is 3.74. The van der Waals surface area contributed by atoms with Crippen molar-refractivity contribution in [3.05, 3.63) is 11.1 Å². The van der Waals surface area contributed by atoms with Crippen LogP contribution in [-0.4, -0.2) is 11.6 Å². The summed E-state index contributed by atoms with van der Waals surface area (Å²) >= 11 is 0. The average molecular weight is 473 g/mol. The van der Waals surface area contributed by atoms with E-state index in [0.29, 0.717) is 24.4 Å². The molecule has 3 rings (SSSR count). The number of carbonyl (C=O) groups excluding carboxylic acids is 2. The lowest BCUT2D eigenvalue weighted by Gasteiger charge is -2.10. The van der Waals surface area contributed by atoms with Gasteiger partial charge in [-0.3, -0.25) is 9.59 Å². The summed E-state index contributed by atoms with van der Waals surface area (Å²) in [4.78, 5) is 23.5. The maximum absolute atomic E-state index is 11.7. The van der Waals surface area contributed by atoms with Crippen LogP contribution < -0.4 is 0 Å². The summed E-state index contributed by atoms with van der Waals surface area (Å²) in [5, 5.41) is 0. The lowest BCUT2D eigenvalue weighted by Crippen LogP contribution is -2.10. The predicted octanol–water partition coefficient (Wildman–Crippen LogP) is 10.1. The van der Waals surface area contributed by atoms with Gasteiger partial charge in [0.1, 0.15) is 11.6 Å². The summed E-state index contributed by atoms with van der Waals surface area (Å²) < 4.78 is 0. The van der Waals surface area contributed by atoms with Gasteiger partial charge in [0.2, 0.25) is 0 Å². The highest BCUT2D eigenvalue weighted by Crippen LogP contribution is 2.37. The Morgan fingerprint density at radius 1 is 0.382 bits per heavy atom. The molecule has 0 atom stereocenters. The number of allylic oxidation sites excluding steroid dienone is 2. The molecule has 2 heteroatoms. The largest absolute Gasteiger partial charge is 0.300 e. The third-order valence-corrected chi connectivity index (χ3v) is 8.21. The molecule has 0 saturated heterocycles. The Morgan fingerprint density at radius 2 is 0.647 bits per heavy atom. The Labute approximate surface area is 212 Å². The molecule has 0 unspecified atom stereocenters. The SMILES string of the molecule is CC1CC(=O)CCCCCCCCCCC(=O)C1.CC1CC2=C(CCCCCCCCCC2)C1.